The first-order valence-corrected chi connectivity index (χ1v) is 11.2. The number of aryl methyl sites for hydroxylation is 2. The first kappa shape index (κ1) is 23.1. The van der Waals surface area contributed by atoms with E-state index in [1.165, 1.54) is 17.5 Å². The highest BCUT2D eigenvalue weighted by molar-refractivity contribution is 7.17. The molecule has 0 aliphatic carbocycles. The molecule has 0 bridgehead atoms. The zero-order chi connectivity index (χ0) is 24.2. The van der Waals surface area contributed by atoms with E-state index < -0.39 is 5.91 Å². The van der Waals surface area contributed by atoms with Gasteiger partial charge in [-0.1, -0.05) is 41.1 Å². The molecule has 172 valence electrons. The van der Waals surface area contributed by atoms with E-state index in [1.807, 2.05) is 19.1 Å². The molecule has 2 amide bonds. The molecule has 34 heavy (non-hydrogen) atoms. The number of nitrogen functional groups attached to an aromatic ring is 1. The Morgan fingerprint density at radius 1 is 1.00 bits per heavy atom. The number of nitrogens with one attached hydrogen (secondary N) is 3. The molecule has 4 aromatic rings. The molecule has 0 unspecified atom stereocenters. The van der Waals surface area contributed by atoms with E-state index in [1.54, 1.807) is 37.3 Å². The van der Waals surface area contributed by atoms with Crippen LogP contribution in [0.25, 0.3) is 0 Å². The molecule has 0 saturated heterocycles. The first-order chi connectivity index (χ1) is 16.3. The molecule has 10 nitrogen and oxygen atoms in total. The SMILES string of the molecule is Cc1nc(N)nc(NC(=O)c2cccc(Nc3ncc(C(=O)Nc4c(C)cccc4Cl)s3)c2)n1. The fourth-order valence-electron chi connectivity index (χ4n) is 3.00. The molecule has 2 aromatic heterocycles. The van der Waals surface area contributed by atoms with Crippen molar-refractivity contribution in [2.24, 2.45) is 0 Å². The molecule has 0 fully saturated rings. The van der Waals surface area contributed by atoms with Crippen molar-refractivity contribution in [1.29, 1.82) is 0 Å². The van der Waals surface area contributed by atoms with Gasteiger partial charge in [0, 0.05) is 11.3 Å². The lowest BCUT2D eigenvalue weighted by Gasteiger charge is -2.09. The smallest absolute Gasteiger partial charge is 0.267 e. The van der Waals surface area contributed by atoms with Gasteiger partial charge < -0.3 is 16.4 Å². The second-order valence-corrected chi connectivity index (χ2v) is 8.58. The van der Waals surface area contributed by atoms with Crippen LogP contribution >= 0.6 is 22.9 Å². The standard InChI is InChI=1S/C22H19ClN8O2S/c1-11-5-3-8-15(23)17(11)29-19(33)16-10-25-22(34-16)28-14-7-4-6-13(9-14)18(32)30-21-27-12(2)26-20(24)31-21/h3-10H,1-2H3,(H,25,28)(H,29,33)(H3,24,26,27,30,31,32). The lowest BCUT2D eigenvalue weighted by atomic mass is 10.2. The molecular formula is C22H19ClN8O2S. The minimum absolute atomic E-state index is 0.0199. The number of thiazole rings is 1. The molecule has 2 aromatic carbocycles. The summed E-state index contributed by atoms with van der Waals surface area (Å²) in [6, 6.07) is 12.2. The number of halogens is 1. The molecule has 5 N–H and O–H groups in total. The molecule has 0 radical (unpaired) electrons. The van der Waals surface area contributed by atoms with Crippen LogP contribution in [-0.4, -0.2) is 31.8 Å². The Balaban J connectivity index is 1.44. The van der Waals surface area contributed by atoms with Gasteiger partial charge in [0.25, 0.3) is 11.8 Å². The minimum atomic E-state index is -0.414. The van der Waals surface area contributed by atoms with Crippen LogP contribution in [0.1, 0.15) is 31.4 Å². The Bertz CT molecular complexity index is 1350. The Hall–Kier alpha value is -4.09. The maximum Gasteiger partial charge on any atom is 0.267 e. The number of aromatic nitrogens is 4. The van der Waals surface area contributed by atoms with Crippen LogP contribution in [-0.2, 0) is 0 Å². The summed E-state index contributed by atoms with van der Waals surface area (Å²) in [5.74, 6) is -0.250. The molecule has 0 aliphatic rings. The molecule has 0 atom stereocenters. The third-order valence-electron chi connectivity index (χ3n) is 4.56. The van der Waals surface area contributed by atoms with E-state index in [4.69, 9.17) is 17.3 Å². The van der Waals surface area contributed by atoms with Crippen molar-refractivity contribution >= 4 is 63.2 Å². The number of amides is 2. The van der Waals surface area contributed by atoms with Crippen molar-refractivity contribution in [2.75, 3.05) is 21.7 Å². The van der Waals surface area contributed by atoms with Crippen LogP contribution in [0.3, 0.4) is 0 Å². The highest BCUT2D eigenvalue weighted by atomic mass is 35.5. The van der Waals surface area contributed by atoms with Crippen molar-refractivity contribution in [3.63, 3.8) is 0 Å². The van der Waals surface area contributed by atoms with Crippen LogP contribution in [0.2, 0.25) is 5.02 Å². The molecule has 12 heteroatoms. The van der Waals surface area contributed by atoms with Crippen molar-refractivity contribution in [3.8, 4) is 0 Å². The number of carbonyl (C=O) groups is 2. The van der Waals surface area contributed by atoms with Crippen molar-refractivity contribution in [2.45, 2.75) is 13.8 Å². The van der Waals surface area contributed by atoms with Gasteiger partial charge in [0.05, 0.1) is 16.9 Å². The Morgan fingerprint density at radius 3 is 2.56 bits per heavy atom. The van der Waals surface area contributed by atoms with Gasteiger partial charge in [-0.3, -0.25) is 14.9 Å². The summed E-state index contributed by atoms with van der Waals surface area (Å²) in [4.78, 5) is 41.7. The quantitative estimate of drug-likeness (QED) is 0.307. The van der Waals surface area contributed by atoms with Crippen molar-refractivity contribution in [1.82, 2.24) is 19.9 Å². The van der Waals surface area contributed by atoms with Crippen molar-refractivity contribution < 1.29 is 9.59 Å². The second-order valence-electron chi connectivity index (χ2n) is 7.14. The molecule has 4 rings (SSSR count). The summed E-state index contributed by atoms with van der Waals surface area (Å²) in [5, 5.41) is 9.47. The highest BCUT2D eigenvalue weighted by Gasteiger charge is 2.15. The summed E-state index contributed by atoms with van der Waals surface area (Å²) >= 11 is 7.36. The number of benzene rings is 2. The third kappa shape index (κ3) is 5.45. The summed E-state index contributed by atoms with van der Waals surface area (Å²) in [7, 11) is 0. The van der Waals surface area contributed by atoms with E-state index >= 15 is 0 Å². The van der Waals surface area contributed by atoms with E-state index in [2.05, 4.69) is 35.9 Å². The Kier molecular flexibility index (Phi) is 6.66. The zero-order valence-corrected chi connectivity index (χ0v) is 19.7. The Labute approximate surface area is 203 Å². The number of carbonyl (C=O) groups excluding carboxylic acids is 2. The number of hydrogen-bond donors (Lipinski definition) is 4. The summed E-state index contributed by atoms with van der Waals surface area (Å²) < 4.78 is 0. The lowest BCUT2D eigenvalue weighted by Crippen LogP contribution is -2.16. The van der Waals surface area contributed by atoms with Crippen molar-refractivity contribution in [3.05, 3.63) is 75.5 Å². The maximum absolute atomic E-state index is 12.6. The van der Waals surface area contributed by atoms with Gasteiger partial charge in [0.15, 0.2) is 5.13 Å². The monoisotopic (exact) mass is 494 g/mol. The Morgan fingerprint density at radius 2 is 1.79 bits per heavy atom. The third-order valence-corrected chi connectivity index (χ3v) is 5.78. The molecule has 0 spiro atoms. The fourth-order valence-corrected chi connectivity index (χ4v) is 4.00. The lowest BCUT2D eigenvalue weighted by molar-refractivity contribution is 0.101. The average molecular weight is 495 g/mol. The van der Waals surface area contributed by atoms with Gasteiger partial charge in [-0.05, 0) is 43.7 Å². The summed E-state index contributed by atoms with van der Waals surface area (Å²) in [6.45, 7) is 3.51. The number of anilines is 5. The van der Waals surface area contributed by atoms with Crippen LogP contribution in [0.15, 0.2) is 48.7 Å². The van der Waals surface area contributed by atoms with E-state index in [0.717, 1.165) is 5.56 Å². The summed E-state index contributed by atoms with van der Waals surface area (Å²) in [6.07, 6.45) is 1.47. The van der Waals surface area contributed by atoms with E-state index in [0.29, 0.717) is 37.8 Å². The largest absolute Gasteiger partial charge is 0.368 e. The predicted octanol–water partition coefficient (Wildman–Crippen LogP) is 4.43. The number of rotatable bonds is 6. The topological polar surface area (TPSA) is 148 Å². The number of nitrogens with two attached hydrogens (primary N) is 1. The molecule has 2 heterocycles. The number of para-hydroxylation sites is 1. The number of hydrogen-bond acceptors (Lipinski definition) is 9. The van der Waals surface area contributed by atoms with E-state index in [9.17, 15) is 9.59 Å². The van der Waals surface area contributed by atoms with Gasteiger partial charge in [0.2, 0.25) is 11.9 Å². The molecular weight excluding hydrogens is 476 g/mol. The fraction of sp³-hybridized carbons (Fsp3) is 0.0909. The van der Waals surface area contributed by atoms with Crippen LogP contribution in [0, 0.1) is 13.8 Å². The number of nitrogens with zero attached hydrogens (tertiary/aromatic N) is 4. The highest BCUT2D eigenvalue weighted by Crippen LogP contribution is 2.28. The van der Waals surface area contributed by atoms with Crippen LogP contribution in [0.5, 0.6) is 0 Å². The summed E-state index contributed by atoms with van der Waals surface area (Å²) in [5.41, 5.74) is 8.00. The zero-order valence-electron chi connectivity index (χ0n) is 18.1. The molecule has 0 aliphatic heterocycles. The van der Waals surface area contributed by atoms with Crippen LogP contribution in [0.4, 0.5) is 28.4 Å². The first-order valence-electron chi connectivity index (χ1n) is 9.97. The predicted molar refractivity (Wildman–Crippen MR) is 133 cm³/mol. The van der Waals surface area contributed by atoms with Crippen LogP contribution < -0.4 is 21.7 Å². The maximum atomic E-state index is 12.6. The van der Waals surface area contributed by atoms with Gasteiger partial charge in [0.1, 0.15) is 10.7 Å². The van der Waals surface area contributed by atoms with Gasteiger partial charge >= 0.3 is 0 Å². The normalized spacial score (nSPS) is 10.6. The minimum Gasteiger partial charge on any atom is -0.368 e. The average Bonchev–Trinajstić information content (AvgIpc) is 3.24. The molecule has 0 saturated carbocycles. The van der Waals surface area contributed by atoms with E-state index in [-0.39, 0.29) is 17.8 Å². The van der Waals surface area contributed by atoms with Gasteiger partial charge in [-0.15, -0.1) is 0 Å². The van der Waals surface area contributed by atoms with Gasteiger partial charge in [-0.25, -0.2) is 4.98 Å². The second kappa shape index (κ2) is 9.81. The van der Waals surface area contributed by atoms with Gasteiger partial charge in [-0.2, -0.15) is 15.0 Å².